The van der Waals surface area contributed by atoms with Crippen molar-refractivity contribution in [3.05, 3.63) is 34.7 Å². The Balaban J connectivity index is 2.47. The highest BCUT2D eigenvalue weighted by molar-refractivity contribution is 7.90. The maximum absolute atomic E-state index is 14.3. The number of primary amides is 1. The zero-order valence-corrected chi connectivity index (χ0v) is 18.2. The number of urea groups is 1. The van der Waals surface area contributed by atoms with Gasteiger partial charge in [0.15, 0.2) is 15.9 Å². The fourth-order valence-electron chi connectivity index (χ4n) is 2.48. The molecule has 2 amide bonds. The zero-order valence-electron chi connectivity index (χ0n) is 16.6. The average molecular weight is 444 g/mol. The number of hydrogen-bond donors (Lipinski definition) is 2. The number of nitrogens with two attached hydrogens (primary N) is 1. The fourth-order valence-corrected chi connectivity index (χ4v) is 4.31. The van der Waals surface area contributed by atoms with Crippen molar-refractivity contribution < 1.29 is 27.1 Å². The van der Waals surface area contributed by atoms with Crippen molar-refractivity contribution in [2.24, 2.45) is 5.73 Å². The van der Waals surface area contributed by atoms with E-state index in [1.165, 1.54) is 12.1 Å². The van der Waals surface area contributed by atoms with Gasteiger partial charge in [0.25, 0.3) is 0 Å². The van der Waals surface area contributed by atoms with Gasteiger partial charge < -0.3 is 15.8 Å². The lowest BCUT2D eigenvalue weighted by molar-refractivity contribution is -0.157. The quantitative estimate of drug-likeness (QED) is 0.684. The molecule has 0 spiro atoms. The second-order valence-corrected chi connectivity index (χ2v) is 10.4. The van der Waals surface area contributed by atoms with Crippen molar-refractivity contribution >= 4 is 33.2 Å². The summed E-state index contributed by atoms with van der Waals surface area (Å²) in [7, 11) is -3.70. The summed E-state index contributed by atoms with van der Waals surface area (Å²) in [6.07, 6.45) is 0.919. The number of aromatic nitrogens is 1. The van der Waals surface area contributed by atoms with Crippen LogP contribution in [0.1, 0.15) is 37.5 Å². The fraction of sp³-hybridized carbons (Fsp3) is 0.389. The lowest BCUT2D eigenvalue weighted by atomic mass is 10.1. The standard InChI is InChI=1S/C18H22FN3O5S2/c1-9-14(10-6-7-12(11(19)8-10)29(5,25)26)28-15(21-9)13(22-17(20)24)16(23)27-18(2,3)4/h6-8,13H,1-5H3,(H3,20,22,24). The number of rotatable bonds is 5. The third-order valence-corrected chi connectivity index (χ3v) is 5.98. The molecule has 1 aromatic carbocycles. The highest BCUT2D eigenvalue weighted by Gasteiger charge is 2.31. The Kier molecular flexibility index (Phi) is 6.33. The molecule has 0 saturated heterocycles. The summed E-state index contributed by atoms with van der Waals surface area (Å²) < 4.78 is 42.8. The molecule has 1 unspecified atom stereocenters. The number of halogens is 1. The van der Waals surface area contributed by atoms with Crippen LogP contribution in [-0.2, 0) is 19.4 Å². The Hall–Kier alpha value is -2.53. The molecule has 0 fully saturated rings. The van der Waals surface area contributed by atoms with E-state index in [2.05, 4.69) is 10.3 Å². The van der Waals surface area contributed by atoms with Crippen molar-refractivity contribution in [3.8, 4) is 10.4 Å². The van der Waals surface area contributed by atoms with Gasteiger partial charge in [-0.25, -0.2) is 27.4 Å². The number of hydrogen-bond acceptors (Lipinski definition) is 7. The first-order valence-electron chi connectivity index (χ1n) is 8.45. The molecule has 2 aromatic rings. The number of thiazole rings is 1. The monoisotopic (exact) mass is 443 g/mol. The van der Waals surface area contributed by atoms with Crippen molar-refractivity contribution in [2.45, 2.75) is 44.2 Å². The van der Waals surface area contributed by atoms with Crippen molar-refractivity contribution in [1.82, 2.24) is 10.3 Å². The van der Waals surface area contributed by atoms with Crippen molar-refractivity contribution in [3.63, 3.8) is 0 Å². The molecule has 0 aliphatic heterocycles. The van der Waals surface area contributed by atoms with Crippen molar-refractivity contribution in [1.29, 1.82) is 0 Å². The average Bonchev–Trinajstić information content (AvgIpc) is 2.90. The van der Waals surface area contributed by atoms with E-state index in [1.54, 1.807) is 27.7 Å². The third kappa shape index (κ3) is 5.73. The summed E-state index contributed by atoms with van der Waals surface area (Å²) in [5.41, 5.74) is 5.24. The van der Waals surface area contributed by atoms with E-state index in [4.69, 9.17) is 10.5 Å². The molecule has 1 aromatic heterocycles. The summed E-state index contributed by atoms with van der Waals surface area (Å²) in [6.45, 7) is 6.68. The molecule has 3 N–H and O–H groups in total. The summed E-state index contributed by atoms with van der Waals surface area (Å²) >= 11 is 1.04. The van der Waals surface area contributed by atoms with Gasteiger partial charge in [-0.2, -0.15) is 0 Å². The second-order valence-electron chi connectivity index (χ2n) is 7.36. The van der Waals surface area contributed by atoms with Gasteiger partial charge in [-0.05, 0) is 45.4 Å². The minimum Gasteiger partial charge on any atom is -0.458 e. The maximum Gasteiger partial charge on any atom is 0.336 e. The van der Waals surface area contributed by atoms with Gasteiger partial charge in [0.1, 0.15) is 21.3 Å². The molecule has 1 atom stereocenters. The molecule has 0 bridgehead atoms. The molecule has 0 aliphatic rings. The number of carbonyl (C=O) groups excluding carboxylic acids is 2. The van der Waals surface area contributed by atoms with Crippen LogP contribution < -0.4 is 11.1 Å². The predicted molar refractivity (Wildman–Crippen MR) is 107 cm³/mol. The molecule has 2 rings (SSSR count). The number of benzene rings is 1. The molecular weight excluding hydrogens is 421 g/mol. The summed E-state index contributed by atoms with van der Waals surface area (Å²) in [6, 6.07) is 1.55. The third-order valence-electron chi connectivity index (χ3n) is 3.58. The Morgan fingerprint density at radius 1 is 1.31 bits per heavy atom. The van der Waals surface area contributed by atoms with E-state index in [1.807, 2.05) is 0 Å². The van der Waals surface area contributed by atoms with E-state index < -0.39 is 44.2 Å². The van der Waals surface area contributed by atoms with Gasteiger partial charge in [0.05, 0.1) is 10.6 Å². The number of ether oxygens (including phenoxy) is 1. The van der Waals surface area contributed by atoms with Gasteiger partial charge in [-0.3, -0.25) is 0 Å². The molecule has 1 heterocycles. The van der Waals surface area contributed by atoms with Crippen LogP contribution in [0.15, 0.2) is 23.1 Å². The second kappa shape index (κ2) is 8.07. The molecule has 8 nitrogen and oxygen atoms in total. The normalized spacial score (nSPS) is 13.0. The topological polar surface area (TPSA) is 128 Å². The van der Waals surface area contributed by atoms with E-state index in [0.29, 0.717) is 16.1 Å². The number of amides is 2. The van der Waals surface area contributed by atoms with Gasteiger partial charge in [-0.1, -0.05) is 6.07 Å². The van der Waals surface area contributed by atoms with Crippen LogP contribution in [0.3, 0.4) is 0 Å². The van der Waals surface area contributed by atoms with E-state index in [-0.39, 0.29) is 5.01 Å². The number of nitrogens with zero attached hydrogens (tertiary/aromatic N) is 1. The van der Waals surface area contributed by atoms with Crippen LogP contribution in [0.25, 0.3) is 10.4 Å². The van der Waals surface area contributed by atoms with Crippen LogP contribution in [-0.4, -0.2) is 37.3 Å². The predicted octanol–water partition coefficient (Wildman–Crippen LogP) is 2.71. The first kappa shape index (κ1) is 22.8. The molecule has 29 heavy (non-hydrogen) atoms. The molecule has 0 aliphatic carbocycles. The Morgan fingerprint density at radius 3 is 2.41 bits per heavy atom. The minimum absolute atomic E-state index is 0.207. The molecular formula is C18H22FN3O5S2. The minimum atomic E-state index is -3.70. The summed E-state index contributed by atoms with van der Waals surface area (Å²) in [5, 5.41) is 2.52. The van der Waals surface area contributed by atoms with Crippen LogP contribution in [0.4, 0.5) is 9.18 Å². The number of esters is 1. The Labute approximate surface area is 172 Å². The van der Waals surface area contributed by atoms with Crippen molar-refractivity contribution in [2.75, 3.05) is 6.26 Å². The summed E-state index contributed by atoms with van der Waals surface area (Å²) in [4.78, 5) is 28.3. The molecule has 0 radical (unpaired) electrons. The SMILES string of the molecule is Cc1nc(C(NC(N)=O)C(=O)OC(C)(C)C)sc1-c1ccc(S(C)(=O)=O)c(F)c1. The van der Waals surface area contributed by atoms with E-state index in [0.717, 1.165) is 23.7 Å². The lowest BCUT2D eigenvalue weighted by Gasteiger charge is -2.23. The van der Waals surface area contributed by atoms with Crippen LogP contribution >= 0.6 is 11.3 Å². The number of carbonyl (C=O) groups is 2. The van der Waals surface area contributed by atoms with E-state index >= 15 is 0 Å². The van der Waals surface area contributed by atoms with Gasteiger partial charge >= 0.3 is 12.0 Å². The Bertz CT molecular complexity index is 1060. The van der Waals surface area contributed by atoms with Gasteiger partial charge in [0, 0.05) is 6.26 Å². The summed E-state index contributed by atoms with van der Waals surface area (Å²) in [5.74, 6) is -1.63. The largest absolute Gasteiger partial charge is 0.458 e. The van der Waals surface area contributed by atoms with Gasteiger partial charge in [-0.15, -0.1) is 11.3 Å². The first-order chi connectivity index (χ1) is 13.2. The van der Waals surface area contributed by atoms with Gasteiger partial charge in [0.2, 0.25) is 0 Å². The number of nitrogens with one attached hydrogen (secondary N) is 1. The Morgan fingerprint density at radius 2 is 1.93 bits per heavy atom. The van der Waals surface area contributed by atoms with E-state index in [9.17, 15) is 22.4 Å². The number of aryl methyl sites for hydroxylation is 1. The van der Waals surface area contributed by atoms with Crippen LogP contribution in [0.5, 0.6) is 0 Å². The zero-order chi connectivity index (χ0) is 22.1. The van der Waals surface area contributed by atoms with Crippen LogP contribution in [0, 0.1) is 12.7 Å². The smallest absolute Gasteiger partial charge is 0.336 e. The molecule has 0 saturated carbocycles. The number of sulfone groups is 1. The highest BCUT2D eigenvalue weighted by atomic mass is 32.2. The van der Waals surface area contributed by atoms with Crippen LogP contribution in [0.2, 0.25) is 0 Å². The lowest BCUT2D eigenvalue weighted by Crippen LogP contribution is -2.40. The molecule has 11 heteroatoms. The first-order valence-corrected chi connectivity index (χ1v) is 11.2. The highest BCUT2D eigenvalue weighted by Crippen LogP contribution is 2.34. The maximum atomic E-state index is 14.3. The molecule has 158 valence electrons.